The van der Waals surface area contributed by atoms with Crippen LogP contribution in [0.3, 0.4) is 0 Å². The third-order valence-electron chi connectivity index (χ3n) is 4.76. The molecule has 2 saturated carbocycles. The van der Waals surface area contributed by atoms with E-state index in [1.54, 1.807) is 0 Å². The average molecular weight is 350 g/mol. The Hall–Kier alpha value is 0.160. The van der Waals surface area contributed by atoms with E-state index < -0.39 is 0 Å². The number of fused-ring (bicyclic) bond motifs is 3. The van der Waals surface area contributed by atoms with E-state index in [9.17, 15) is 4.79 Å². The summed E-state index contributed by atoms with van der Waals surface area (Å²) in [5.41, 5.74) is -0.155. The molecule has 0 aromatic rings. The number of ether oxygens (including phenoxy) is 2. The highest BCUT2D eigenvalue weighted by molar-refractivity contribution is 14.1. The first-order chi connectivity index (χ1) is 8.26. The van der Waals surface area contributed by atoms with Crippen molar-refractivity contribution < 1.29 is 14.3 Å². The Labute approximate surface area is 116 Å². The van der Waals surface area contributed by atoms with Gasteiger partial charge in [0.15, 0.2) is 0 Å². The van der Waals surface area contributed by atoms with Crippen LogP contribution in [0, 0.1) is 17.3 Å². The second kappa shape index (κ2) is 4.68. The summed E-state index contributed by atoms with van der Waals surface area (Å²) in [7, 11) is 0. The maximum Gasteiger partial charge on any atom is 0.312 e. The molecule has 17 heavy (non-hydrogen) atoms. The zero-order chi connectivity index (χ0) is 11.9. The van der Waals surface area contributed by atoms with Crippen LogP contribution < -0.4 is 0 Å². The zero-order valence-corrected chi connectivity index (χ0v) is 12.1. The molecule has 96 valence electrons. The third kappa shape index (κ3) is 1.91. The molecule has 1 saturated heterocycles. The summed E-state index contributed by atoms with van der Waals surface area (Å²) in [6.07, 6.45) is 5.78. The van der Waals surface area contributed by atoms with E-state index in [1.807, 2.05) is 0 Å². The van der Waals surface area contributed by atoms with Gasteiger partial charge < -0.3 is 9.47 Å². The van der Waals surface area contributed by atoms with Gasteiger partial charge in [-0.2, -0.15) is 0 Å². The largest absolute Gasteiger partial charge is 0.465 e. The van der Waals surface area contributed by atoms with Crippen molar-refractivity contribution in [1.29, 1.82) is 0 Å². The zero-order valence-electron chi connectivity index (χ0n) is 9.99. The Morgan fingerprint density at radius 2 is 2.35 bits per heavy atom. The van der Waals surface area contributed by atoms with Crippen LogP contribution in [0.25, 0.3) is 0 Å². The molecule has 0 N–H and O–H groups in total. The lowest BCUT2D eigenvalue weighted by atomic mass is 9.71. The molecule has 1 aliphatic heterocycles. The smallest absolute Gasteiger partial charge is 0.312 e. The van der Waals surface area contributed by atoms with Crippen LogP contribution in [-0.2, 0) is 14.3 Å². The van der Waals surface area contributed by atoms with Gasteiger partial charge in [0.05, 0.1) is 18.1 Å². The van der Waals surface area contributed by atoms with Crippen LogP contribution in [0.1, 0.15) is 32.1 Å². The fraction of sp³-hybridized carbons (Fsp3) is 0.923. The molecule has 3 fully saturated rings. The van der Waals surface area contributed by atoms with Gasteiger partial charge >= 0.3 is 5.97 Å². The molecule has 1 spiro atoms. The maximum absolute atomic E-state index is 12.0. The molecule has 3 nitrogen and oxygen atoms in total. The number of hydrogen-bond donors (Lipinski definition) is 0. The lowest BCUT2D eigenvalue weighted by Gasteiger charge is -2.35. The van der Waals surface area contributed by atoms with E-state index in [0.29, 0.717) is 24.5 Å². The van der Waals surface area contributed by atoms with Crippen molar-refractivity contribution in [3.8, 4) is 0 Å². The summed E-state index contributed by atoms with van der Waals surface area (Å²) < 4.78 is 12.4. The molecule has 0 radical (unpaired) electrons. The average Bonchev–Trinajstić information content (AvgIpc) is 2.96. The van der Waals surface area contributed by atoms with Gasteiger partial charge in [-0.1, -0.05) is 22.6 Å². The summed E-state index contributed by atoms with van der Waals surface area (Å²) in [6.45, 7) is 1.48. The lowest BCUT2D eigenvalue weighted by Crippen LogP contribution is -2.40. The molecule has 3 aliphatic rings. The molecule has 3 unspecified atom stereocenters. The molecule has 4 atom stereocenters. The van der Waals surface area contributed by atoms with Gasteiger partial charge in [0.2, 0.25) is 0 Å². The van der Waals surface area contributed by atoms with Gasteiger partial charge in [0, 0.05) is 17.0 Å². The van der Waals surface area contributed by atoms with Crippen molar-refractivity contribution in [2.24, 2.45) is 17.3 Å². The highest BCUT2D eigenvalue weighted by Gasteiger charge is 2.62. The topological polar surface area (TPSA) is 35.5 Å². The number of rotatable bonds is 4. The van der Waals surface area contributed by atoms with Crippen LogP contribution in [0.5, 0.6) is 0 Å². The Balaban J connectivity index is 1.68. The standard InChI is InChI=1S/C13H19IO3/c14-3-1-4-16-11-7-9-6-10(11)13(8-9)2-5-17-12(13)15/h9-11H,1-8H2/t9?,10?,11?,13-/m1/s1. The van der Waals surface area contributed by atoms with E-state index in [2.05, 4.69) is 22.6 Å². The van der Waals surface area contributed by atoms with E-state index >= 15 is 0 Å². The molecule has 0 amide bonds. The van der Waals surface area contributed by atoms with Gasteiger partial charge in [-0.3, -0.25) is 4.79 Å². The summed E-state index contributed by atoms with van der Waals surface area (Å²) in [5.74, 6) is 1.21. The molecular weight excluding hydrogens is 331 g/mol. The summed E-state index contributed by atoms with van der Waals surface area (Å²) in [6, 6.07) is 0. The monoisotopic (exact) mass is 350 g/mol. The van der Waals surface area contributed by atoms with Gasteiger partial charge in [-0.25, -0.2) is 0 Å². The summed E-state index contributed by atoms with van der Waals surface area (Å²) in [4.78, 5) is 12.0. The maximum atomic E-state index is 12.0. The van der Waals surface area contributed by atoms with Crippen LogP contribution in [0.4, 0.5) is 0 Å². The molecule has 1 heterocycles. The second-order valence-electron chi connectivity index (χ2n) is 5.64. The minimum Gasteiger partial charge on any atom is -0.465 e. The molecule has 2 aliphatic carbocycles. The highest BCUT2D eigenvalue weighted by atomic mass is 127. The third-order valence-corrected chi connectivity index (χ3v) is 5.52. The molecular formula is C13H19IO3. The van der Waals surface area contributed by atoms with Crippen molar-refractivity contribution >= 4 is 28.6 Å². The number of carbonyl (C=O) groups excluding carboxylic acids is 1. The van der Waals surface area contributed by atoms with Crippen LogP contribution in [0.15, 0.2) is 0 Å². The predicted octanol–water partition coefficient (Wildman–Crippen LogP) is 2.56. The SMILES string of the molecule is O=C1OCC[C@]12CC1CC(OCCCI)C2C1. The van der Waals surface area contributed by atoms with Crippen molar-refractivity contribution in [2.75, 3.05) is 17.6 Å². The number of esters is 1. The van der Waals surface area contributed by atoms with Crippen molar-refractivity contribution in [2.45, 2.75) is 38.2 Å². The fourth-order valence-corrected chi connectivity index (χ4v) is 4.39. The first-order valence-corrected chi connectivity index (χ1v) is 8.13. The number of alkyl halides is 1. The van der Waals surface area contributed by atoms with E-state index in [4.69, 9.17) is 9.47 Å². The van der Waals surface area contributed by atoms with Gasteiger partial charge in [0.1, 0.15) is 0 Å². The van der Waals surface area contributed by atoms with E-state index in [-0.39, 0.29) is 11.4 Å². The lowest BCUT2D eigenvalue weighted by molar-refractivity contribution is -0.152. The van der Waals surface area contributed by atoms with Gasteiger partial charge in [0.25, 0.3) is 0 Å². The fourth-order valence-electron chi connectivity index (χ4n) is 4.08. The Morgan fingerprint density at radius 1 is 1.47 bits per heavy atom. The van der Waals surface area contributed by atoms with Gasteiger partial charge in [-0.15, -0.1) is 0 Å². The molecule has 3 rings (SSSR count). The van der Waals surface area contributed by atoms with E-state index in [0.717, 1.165) is 30.3 Å². The van der Waals surface area contributed by atoms with Crippen molar-refractivity contribution in [1.82, 2.24) is 0 Å². The molecule has 4 heteroatoms. The minimum absolute atomic E-state index is 0.0622. The molecule has 2 bridgehead atoms. The minimum atomic E-state index is -0.155. The highest BCUT2D eigenvalue weighted by Crippen LogP contribution is 2.60. The summed E-state index contributed by atoms with van der Waals surface area (Å²) >= 11 is 2.38. The molecule has 0 aromatic heterocycles. The van der Waals surface area contributed by atoms with Crippen LogP contribution >= 0.6 is 22.6 Å². The number of hydrogen-bond acceptors (Lipinski definition) is 3. The van der Waals surface area contributed by atoms with Crippen LogP contribution in [-0.4, -0.2) is 29.7 Å². The molecule has 0 aromatic carbocycles. The summed E-state index contributed by atoms with van der Waals surface area (Å²) in [5, 5.41) is 0. The first-order valence-electron chi connectivity index (χ1n) is 6.61. The Kier molecular flexibility index (Phi) is 3.36. The van der Waals surface area contributed by atoms with Crippen molar-refractivity contribution in [3.63, 3.8) is 0 Å². The number of carbonyl (C=O) groups is 1. The predicted molar refractivity (Wildman–Crippen MR) is 72.1 cm³/mol. The van der Waals surface area contributed by atoms with E-state index in [1.165, 1.54) is 12.8 Å². The van der Waals surface area contributed by atoms with Crippen molar-refractivity contribution in [3.05, 3.63) is 0 Å². The first kappa shape index (κ1) is 12.2. The normalized spacial score (nSPS) is 43.6. The van der Waals surface area contributed by atoms with Gasteiger partial charge in [-0.05, 0) is 38.0 Å². The Morgan fingerprint density at radius 3 is 3.00 bits per heavy atom. The second-order valence-corrected chi connectivity index (χ2v) is 6.72. The number of halogens is 1. The van der Waals surface area contributed by atoms with Crippen LogP contribution in [0.2, 0.25) is 0 Å². The Bertz CT molecular complexity index is 320. The number of cyclic esters (lactones) is 1. The quantitative estimate of drug-likeness (QED) is 0.338.